The van der Waals surface area contributed by atoms with Gasteiger partial charge in [-0.2, -0.15) is 0 Å². The number of H-pyrrole nitrogens is 1. The molecule has 0 saturated carbocycles. The Labute approximate surface area is 140 Å². The molecule has 6 heteroatoms. The van der Waals surface area contributed by atoms with Gasteiger partial charge >= 0.3 is 12.1 Å². The predicted octanol–water partition coefficient (Wildman–Crippen LogP) is 3.49. The minimum absolute atomic E-state index is 0.363. The van der Waals surface area contributed by atoms with Crippen molar-refractivity contribution in [1.82, 2.24) is 10.3 Å². The van der Waals surface area contributed by atoms with Gasteiger partial charge < -0.3 is 19.8 Å². The third-order valence-electron chi connectivity index (χ3n) is 3.20. The Bertz CT molecular complexity index is 769. The van der Waals surface area contributed by atoms with Gasteiger partial charge in [0.25, 0.3) is 0 Å². The number of alkyl carbamates (subject to hydrolysis) is 1. The molecule has 6 nitrogen and oxygen atoms in total. The van der Waals surface area contributed by atoms with E-state index in [2.05, 4.69) is 10.3 Å². The van der Waals surface area contributed by atoms with Crippen LogP contribution < -0.4 is 5.32 Å². The maximum atomic E-state index is 11.5. The van der Waals surface area contributed by atoms with Crippen LogP contribution in [0, 0.1) is 0 Å². The fourth-order valence-corrected chi connectivity index (χ4v) is 2.17. The maximum absolute atomic E-state index is 11.5. The van der Waals surface area contributed by atoms with Crippen molar-refractivity contribution in [3.05, 3.63) is 41.6 Å². The molecule has 1 aromatic carbocycles. The third-order valence-corrected chi connectivity index (χ3v) is 3.20. The number of aromatic nitrogens is 1. The highest BCUT2D eigenvalue weighted by Gasteiger charge is 2.15. The highest BCUT2D eigenvalue weighted by atomic mass is 16.6. The first kappa shape index (κ1) is 17.6. The second kappa shape index (κ2) is 7.21. The lowest BCUT2D eigenvalue weighted by molar-refractivity contribution is 0.0532. The first-order valence-corrected chi connectivity index (χ1v) is 7.63. The predicted molar refractivity (Wildman–Crippen MR) is 92.9 cm³/mol. The van der Waals surface area contributed by atoms with Gasteiger partial charge in [-0.3, -0.25) is 0 Å². The fourth-order valence-electron chi connectivity index (χ4n) is 2.17. The molecule has 0 aliphatic heterocycles. The Balaban J connectivity index is 2.00. The molecule has 0 aliphatic rings. The van der Waals surface area contributed by atoms with E-state index < -0.39 is 11.7 Å². The Morgan fingerprint density at radius 3 is 2.71 bits per heavy atom. The van der Waals surface area contributed by atoms with Gasteiger partial charge in [-0.05, 0) is 38.5 Å². The smallest absolute Gasteiger partial charge is 0.407 e. The summed E-state index contributed by atoms with van der Waals surface area (Å²) in [6.45, 7) is 5.81. The summed E-state index contributed by atoms with van der Waals surface area (Å²) in [5, 5.41) is 3.64. The van der Waals surface area contributed by atoms with E-state index in [0.717, 1.165) is 16.5 Å². The molecule has 2 aromatic rings. The molecule has 1 heterocycles. The molecule has 1 aromatic heterocycles. The monoisotopic (exact) mass is 330 g/mol. The Kier molecular flexibility index (Phi) is 5.28. The largest absolute Gasteiger partial charge is 0.465 e. The number of methoxy groups -OCH3 is 1. The zero-order valence-electron chi connectivity index (χ0n) is 14.3. The number of rotatable bonds is 4. The van der Waals surface area contributed by atoms with Crippen LogP contribution in [0.15, 0.2) is 30.5 Å². The number of hydrogen-bond donors (Lipinski definition) is 2. The molecule has 0 atom stereocenters. The van der Waals surface area contributed by atoms with Gasteiger partial charge in [0.2, 0.25) is 0 Å². The van der Waals surface area contributed by atoms with Gasteiger partial charge in [-0.15, -0.1) is 0 Å². The zero-order valence-corrected chi connectivity index (χ0v) is 14.3. The van der Waals surface area contributed by atoms with E-state index in [0.29, 0.717) is 12.1 Å². The van der Waals surface area contributed by atoms with Crippen molar-refractivity contribution in [3.8, 4) is 0 Å². The number of ether oxygens (including phenoxy) is 2. The summed E-state index contributed by atoms with van der Waals surface area (Å²) in [6, 6.07) is 5.33. The first-order valence-electron chi connectivity index (χ1n) is 7.63. The van der Waals surface area contributed by atoms with E-state index in [1.807, 2.05) is 45.2 Å². The van der Waals surface area contributed by atoms with Crippen LogP contribution in [0.25, 0.3) is 17.0 Å². The minimum atomic E-state index is -0.512. The molecule has 0 radical (unpaired) electrons. The number of esters is 1. The van der Waals surface area contributed by atoms with Crippen molar-refractivity contribution in [3.63, 3.8) is 0 Å². The Morgan fingerprint density at radius 2 is 2.04 bits per heavy atom. The number of fused-ring (bicyclic) bond motifs is 1. The van der Waals surface area contributed by atoms with E-state index in [1.165, 1.54) is 7.11 Å². The van der Waals surface area contributed by atoms with E-state index in [1.54, 1.807) is 12.1 Å². The van der Waals surface area contributed by atoms with Gasteiger partial charge in [-0.25, -0.2) is 9.59 Å². The quantitative estimate of drug-likeness (QED) is 0.841. The molecule has 0 saturated heterocycles. The van der Waals surface area contributed by atoms with Crippen LogP contribution in [0.3, 0.4) is 0 Å². The fraction of sp³-hybridized carbons (Fsp3) is 0.333. The van der Waals surface area contributed by atoms with Gasteiger partial charge in [0.15, 0.2) is 0 Å². The molecule has 0 bridgehead atoms. The number of benzene rings is 1. The lowest BCUT2D eigenvalue weighted by Crippen LogP contribution is -2.32. The lowest BCUT2D eigenvalue weighted by atomic mass is 10.1. The number of nitrogens with one attached hydrogen (secondary N) is 2. The highest BCUT2D eigenvalue weighted by molar-refractivity contribution is 5.97. The number of aromatic amines is 1. The standard InChI is InChI=1S/C18H22N2O4/c1-18(2,3)24-17(22)19-9-5-6-13-11-20-15-10-12(16(21)23-4)7-8-14(13)15/h5-8,10-11,20H,9H2,1-4H3,(H,19,22). The highest BCUT2D eigenvalue weighted by Crippen LogP contribution is 2.21. The third kappa shape index (κ3) is 4.62. The molecular weight excluding hydrogens is 308 g/mol. The number of carbonyl (C=O) groups is 2. The topological polar surface area (TPSA) is 80.4 Å². The van der Waals surface area contributed by atoms with Crippen molar-refractivity contribution in [2.24, 2.45) is 0 Å². The van der Waals surface area contributed by atoms with Crippen LogP contribution in [-0.4, -0.2) is 36.3 Å². The zero-order chi connectivity index (χ0) is 17.7. The maximum Gasteiger partial charge on any atom is 0.407 e. The molecule has 2 N–H and O–H groups in total. The molecule has 0 unspecified atom stereocenters. The molecule has 1 amide bonds. The van der Waals surface area contributed by atoms with Crippen LogP contribution in [0.4, 0.5) is 4.79 Å². The van der Waals surface area contributed by atoms with Crippen molar-refractivity contribution < 1.29 is 19.1 Å². The van der Waals surface area contributed by atoms with Crippen molar-refractivity contribution in [1.29, 1.82) is 0 Å². The SMILES string of the molecule is COC(=O)c1ccc2c(C=CCNC(=O)OC(C)(C)C)c[nH]c2c1. The van der Waals surface area contributed by atoms with E-state index >= 15 is 0 Å². The summed E-state index contributed by atoms with van der Waals surface area (Å²) in [4.78, 5) is 26.2. The van der Waals surface area contributed by atoms with Crippen LogP contribution >= 0.6 is 0 Å². The number of amides is 1. The second-order valence-corrected chi connectivity index (χ2v) is 6.28. The van der Waals surface area contributed by atoms with Gasteiger partial charge in [-0.1, -0.05) is 18.2 Å². The number of carbonyl (C=O) groups excluding carboxylic acids is 2. The van der Waals surface area contributed by atoms with Crippen molar-refractivity contribution in [2.75, 3.05) is 13.7 Å². The summed E-state index contributed by atoms with van der Waals surface area (Å²) < 4.78 is 9.87. The lowest BCUT2D eigenvalue weighted by Gasteiger charge is -2.19. The molecule has 0 spiro atoms. The van der Waals surface area contributed by atoms with Crippen LogP contribution in [0.2, 0.25) is 0 Å². The molecule has 0 fully saturated rings. The molecule has 24 heavy (non-hydrogen) atoms. The van der Waals surface area contributed by atoms with E-state index in [4.69, 9.17) is 9.47 Å². The normalized spacial score (nSPS) is 11.7. The van der Waals surface area contributed by atoms with Gasteiger partial charge in [0, 0.05) is 23.6 Å². The summed E-state index contributed by atoms with van der Waals surface area (Å²) in [7, 11) is 1.35. The second-order valence-electron chi connectivity index (χ2n) is 6.28. The minimum Gasteiger partial charge on any atom is -0.465 e. The summed E-state index contributed by atoms with van der Waals surface area (Å²) in [5.41, 5.74) is 1.79. The van der Waals surface area contributed by atoms with Gasteiger partial charge in [0.05, 0.1) is 12.7 Å². The van der Waals surface area contributed by atoms with E-state index in [9.17, 15) is 9.59 Å². The molecular formula is C18H22N2O4. The van der Waals surface area contributed by atoms with Crippen LogP contribution in [0.5, 0.6) is 0 Å². The summed E-state index contributed by atoms with van der Waals surface area (Å²) in [6.07, 6.45) is 5.12. The average Bonchev–Trinajstić information content (AvgIpc) is 2.91. The van der Waals surface area contributed by atoms with Crippen LogP contribution in [0.1, 0.15) is 36.7 Å². The Hall–Kier alpha value is -2.76. The summed E-state index contributed by atoms with van der Waals surface area (Å²) in [5.74, 6) is -0.370. The van der Waals surface area contributed by atoms with E-state index in [-0.39, 0.29) is 5.97 Å². The number of hydrogen-bond acceptors (Lipinski definition) is 4. The summed E-state index contributed by atoms with van der Waals surface area (Å²) >= 11 is 0. The average molecular weight is 330 g/mol. The van der Waals surface area contributed by atoms with Crippen molar-refractivity contribution >= 4 is 29.0 Å². The molecule has 128 valence electrons. The van der Waals surface area contributed by atoms with Crippen LogP contribution in [-0.2, 0) is 9.47 Å². The molecule has 0 aliphatic carbocycles. The first-order chi connectivity index (χ1) is 11.3. The van der Waals surface area contributed by atoms with Crippen molar-refractivity contribution in [2.45, 2.75) is 26.4 Å². The van der Waals surface area contributed by atoms with Gasteiger partial charge in [0.1, 0.15) is 5.60 Å². The Morgan fingerprint density at radius 1 is 1.29 bits per heavy atom. The molecule has 2 rings (SSSR count).